The number of rotatable bonds is 3. The second kappa shape index (κ2) is 4.77. The third kappa shape index (κ3) is 2.57. The van der Waals surface area contributed by atoms with Gasteiger partial charge in [-0.25, -0.2) is 0 Å². The van der Waals surface area contributed by atoms with E-state index in [4.69, 9.17) is 9.47 Å². The Morgan fingerprint density at radius 3 is 3.00 bits per heavy atom. The molecule has 1 aliphatic heterocycles. The summed E-state index contributed by atoms with van der Waals surface area (Å²) in [6.07, 6.45) is 9.11. The van der Waals surface area contributed by atoms with Crippen molar-refractivity contribution in [2.24, 2.45) is 0 Å². The smallest absolute Gasteiger partial charge is 0.199 e. The Hall–Kier alpha value is -1.35. The van der Waals surface area contributed by atoms with E-state index < -0.39 is 0 Å². The molecule has 1 atom stereocenters. The zero-order valence-corrected chi connectivity index (χ0v) is 7.93. The van der Waals surface area contributed by atoms with Crippen LogP contribution in [0.4, 0.5) is 0 Å². The average Bonchev–Trinajstić information content (AvgIpc) is 2.29. The summed E-state index contributed by atoms with van der Waals surface area (Å²) >= 11 is 0. The van der Waals surface area contributed by atoms with Gasteiger partial charge < -0.3 is 9.47 Å². The monoisotopic (exact) mass is 191 g/mol. The van der Waals surface area contributed by atoms with Crippen LogP contribution in [0.25, 0.3) is 0 Å². The van der Waals surface area contributed by atoms with Crippen molar-refractivity contribution in [3.05, 3.63) is 42.4 Å². The van der Waals surface area contributed by atoms with Crippen LogP contribution in [0.3, 0.4) is 0 Å². The minimum Gasteiger partial charge on any atom is -0.473 e. The highest BCUT2D eigenvalue weighted by molar-refractivity contribution is 5.07. The molecule has 74 valence electrons. The zero-order valence-electron chi connectivity index (χ0n) is 7.93. The van der Waals surface area contributed by atoms with Gasteiger partial charge in [0.1, 0.15) is 0 Å². The Kier molecular flexibility index (Phi) is 3.14. The lowest BCUT2D eigenvalue weighted by atomic mass is 10.2. The fourth-order valence-corrected chi connectivity index (χ4v) is 1.30. The molecule has 0 radical (unpaired) electrons. The lowest BCUT2D eigenvalue weighted by molar-refractivity contribution is -0.123. The van der Waals surface area contributed by atoms with Crippen molar-refractivity contribution in [2.75, 3.05) is 0 Å². The fraction of sp³-hybridized carbons (Fsp3) is 0.364. The molecule has 0 spiro atoms. The van der Waals surface area contributed by atoms with Crippen LogP contribution in [-0.2, 0) is 16.1 Å². The molecule has 0 amide bonds. The molecule has 0 aliphatic carbocycles. The molecule has 0 saturated carbocycles. The van der Waals surface area contributed by atoms with Gasteiger partial charge in [-0.3, -0.25) is 4.98 Å². The molecular weight excluding hydrogens is 178 g/mol. The van der Waals surface area contributed by atoms with Crippen LogP contribution in [0.5, 0.6) is 0 Å². The number of nitrogens with zero attached hydrogens (tertiary/aromatic N) is 1. The Bertz CT molecular complexity index is 297. The standard InChI is InChI=1S/C11H13NO2/c1-2-8-13-11(3-1)14-9-10-4-6-12-7-5-10/h2,4-8,11H,1,3,9H2. The number of hydrogen-bond donors (Lipinski definition) is 0. The van der Waals surface area contributed by atoms with E-state index in [1.54, 1.807) is 18.7 Å². The fourth-order valence-electron chi connectivity index (χ4n) is 1.30. The van der Waals surface area contributed by atoms with Gasteiger partial charge in [0.2, 0.25) is 0 Å². The van der Waals surface area contributed by atoms with E-state index in [0.717, 1.165) is 18.4 Å². The lowest BCUT2D eigenvalue weighted by Crippen LogP contribution is -2.16. The Balaban J connectivity index is 1.80. The first-order valence-corrected chi connectivity index (χ1v) is 4.76. The molecule has 0 saturated heterocycles. The van der Waals surface area contributed by atoms with Gasteiger partial charge in [0, 0.05) is 18.8 Å². The summed E-state index contributed by atoms with van der Waals surface area (Å²) in [5, 5.41) is 0. The number of aromatic nitrogens is 1. The molecule has 14 heavy (non-hydrogen) atoms. The Labute approximate surface area is 83.4 Å². The van der Waals surface area contributed by atoms with Crippen molar-refractivity contribution in [1.29, 1.82) is 0 Å². The third-order valence-electron chi connectivity index (χ3n) is 2.08. The van der Waals surface area contributed by atoms with E-state index in [9.17, 15) is 0 Å². The van der Waals surface area contributed by atoms with Gasteiger partial charge in [-0.2, -0.15) is 0 Å². The van der Waals surface area contributed by atoms with Crippen LogP contribution < -0.4 is 0 Å². The topological polar surface area (TPSA) is 31.4 Å². The molecule has 0 N–H and O–H groups in total. The highest BCUT2D eigenvalue weighted by Gasteiger charge is 2.10. The first-order chi connectivity index (χ1) is 6.95. The second-order valence-corrected chi connectivity index (χ2v) is 3.18. The summed E-state index contributed by atoms with van der Waals surface area (Å²) in [7, 11) is 0. The van der Waals surface area contributed by atoms with E-state index in [1.807, 2.05) is 18.2 Å². The van der Waals surface area contributed by atoms with Crippen molar-refractivity contribution < 1.29 is 9.47 Å². The minimum absolute atomic E-state index is 0.0897. The molecular formula is C11H13NO2. The summed E-state index contributed by atoms with van der Waals surface area (Å²) in [4.78, 5) is 3.94. The Morgan fingerprint density at radius 2 is 2.29 bits per heavy atom. The van der Waals surface area contributed by atoms with Crippen molar-refractivity contribution in [1.82, 2.24) is 4.98 Å². The molecule has 0 aromatic carbocycles. The third-order valence-corrected chi connectivity index (χ3v) is 2.08. The van der Waals surface area contributed by atoms with E-state index in [1.165, 1.54) is 0 Å². The largest absolute Gasteiger partial charge is 0.473 e. The van der Waals surface area contributed by atoms with Crippen LogP contribution in [0, 0.1) is 0 Å². The van der Waals surface area contributed by atoms with Gasteiger partial charge in [-0.05, 0) is 30.2 Å². The van der Waals surface area contributed by atoms with Crippen molar-refractivity contribution in [2.45, 2.75) is 25.7 Å². The van der Waals surface area contributed by atoms with Crippen molar-refractivity contribution in [3.8, 4) is 0 Å². The van der Waals surface area contributed by atoms with Crippen LogP contribution >= 0.6 is 0 Å². The minimum atomic E-state index is -0.0897. The first-order valence-electron chi connectivity index (χ1n) is 4.76. The maximum Gasteiger partial charge on any atom is 0.199 e. The quantitative estimate of drug-likeness (QED) is 0.734. The highest BCUT2D eigenvalue weighted by Crippen LogP contribution is 2.13. The summed E-state index contributed by atoms with van der Waals surface area (Å²) in [6, 6.07) is 3.89. The lowest BCUT2D eigenvalue weighted by Gasteiger charge is -2.19. The number of ether oxygens (including phenoxy) is 2. The number of hydrogen-bond acceptors (Lipinski definition) is 3. The van der Waals surface area contributed by atoms with Gasteiger partial charge in [0.25, 0.3) is 0 Å². The maximum atomic E-state index is 5.57. The van der Waals surface area contributed by atoms with Crippen molar-refractivity contribution in [3.63, 3.8) is 0 Å². The predicted molar refractivity (Wildman–Crippen MR) is 52.3 cm³/mol. The van der Waals surface area contributed by atoms with Crippen LogP contribution in [0.2, 0.25) is 0 Å². The molecule has 1 aliphatic rings. The molecule has 0 fully saturated rings. The molecule has 2 rings (SSSR count). The van der Waals surface area contributed by atoms with E-state index >= 15 is 0 Å². The van der Waals surface area contributed by atoms with Crippen LogP contribution in [-0.4, -0.2) is 11.3 Å². The Morgan fingerprint density at radius 1 is 1.43 bits per heavy atom. The number of allylic oxidation sites excluding steroid dienone is 1. The summed E-state index contributed by atoms with van der Waals surface area (Å²) in [6.45, 7) is 0.584. The molecule has 3 heteroatoms. The first kappa shape index (κ1) is 9.21. The summed E-state index contributed by atoms with van der Waals surface area (Å²) in [5.74, 6) is 0. The number of pyridine rings is 1. The zero-order chi connectivity index (χ0) is 9.64. The summed E-state index contributed by atoms with van der Waals surface area (Å²) in [5.41, 5.74) is 1.12. The van der Waals surface area contributed by atoms with Crippen LogP contribution in [0.15, 0.2) is 36.9 Å². The molecule has 0 bridgehead atoms. The molecule has 2 heterocycles. The SMILES string of the molecule is C1=COC(OCc2ccncc2)CC1. The van der Waals surface area contributed by atoms with Gasteiger partial charge in [-0.1, -0.05) is 0 Å². The maximum absolute atomic E-state index is 5.57. The normalized spacial score (nSPS) is 20.4. The van der Waals surface area contributed by atoms with Gasteiger partial charge in [0.15, 0.2) is 6.29 Å². The molecule has 1 aromatic rings. The van der Waals surface area contributed by atoms with E-state index in [0.29, 0.717) is 6.61 Å². The highest BCUT2D eigenvalue weighted by atomic mass is 16.7. The predicted octanol–water partition coefficient (Wildman–Crippen LogP) is 2.25. The van der Waals surface area contributed by atoms with Gasteiger partial charge in [-0.15, -0.1) is 0 Å². The van der Waals surface area contributed by atoms with Gasteiger partial charge >= 0.3 is 0 Å². The molecule has 1 unspecified atom stereocenters. The van der Waals surface area contributed by atoms with Crippen molar-refractivity contribution >= 4 is 0 Å². The van der Waals surface area contributed by atoms with Crippen LogP contribution in [0.1, 0.15) is 18.4 Å². The molecule has 1 aromatic heterocycles. The van der Waals surface area contributed by atoms with E-state index in [-0.39, 0.29) is 6.29 Å². The summed E-state index contributed by atoms with van der Waals surface area (Å²) < 4.78 is 10.8. The second-order valence-electron chi connectivity index (χ2n) is 3.18. The van der Waals surface area contributed by atoms with E-state index in [2.05, 4.69) is 4.98 Å². The average molecular weight is 191 g/mol. The van der Waals surface area contributed by atoms with Gasteiger partial charge in [0.05, 0.1) is 12.9 Å². The molecule has 3 nitrogen and oxygen atoms in total.